The predicted octanol–water partition coefficient (Wildman–Crippen LogP) is 2.21. The summed E-state index contributed by atoms with van der Waals surface area (Å²) in [5.74, 6) is -8.12. The van der Waals surface area contributed by atoms with Gasteiger partial charge in [0.05, 0.1) is 5.75 Å². The van der Waals surface area contributed by atoms with Crippen LogP contribution in [-0.4, -0.2) is 31.5 Å². The maximum atomic E-state index is 12.4. The Bertz CT molecular complexity index is 328. The normalized spacial score (nSPS) is 15.5. The zero-order valence-electron chi connectivity index (χ0n) is 7.08. The number of hydrogen-bond acceptors (Lipinski definition) is 2. The van der Waals surface area contributed by atoms with Crippen molar-refractivity contribution in [3.63, 3.8) is 0 Å². The first-order valence-corrected chi connectivity index (χ1v) is 5.01. The van der Waals surface area contributed by atoms with Crippen molar-refractivity contribution in [1.29, 1.82) is 0 Å². The topological polar surface area (TPSA) is 34.1 Å². The molecule has 0 saturated heterocycles. The lowest BCUT2D eigenvalue weighted by Crippen LogP contribution is -2.56. The van der Waals surface area contributed by atoms with Gasteiger partial charge in [0.15, 0.2) is 0 Å². The quantitative estimate of drug-likeness (QED) is 0.731. The zero-order valence-corrected chi connectivity index (χ0v) is 7.89. The minimum atomic E-state index is -6.63. The highest BCUT2D eigenvalue weighted by molar-refractivity contribution is 7.92. The average Bonchev–Trinajstić information content (AvgIpc) is 2.01. The Kier molecular flexibility index (Phi) is 3.37. The van der Waals surface area contributed by atoms with Crippen LogP contribution in [0.5, 0.6) is 0 Å². The molecular weight excluding hydrogens is 257 g/mol. The smallest absolute Gasteiger partial charge is 0.222 e. The fraction of sp³-hybridized carbons (Fsp3) is 1.00. The van der Waals surface area contributed by atoms with E-state index < -0.39 is 32.9 Å². The van der Waals surface area contributed by atoms with E-state index >= 15 is 0 Å². The predicted molar refractivity (Wildman–Crippen MR) is 35.4 cm³/mol. The summed E-state index contributed by atoms with van der Waals surface area (Å²) in [5.41, 5.74) is 0. The van der Waals surface area contributed by atoms with Crippen molar-refractivity contribution in [2.45, 2.75) is 24.3 Å². The molecule has 10 heteroatoms. The Morgan fingerprint density at radius 1 is 0.933 bits per heavy atom. The van der Waals surface area contributed by atoms with Gasteiger partial charge in [0.2, 0.25) is 9.84 Å². The van der Waals surface area contributed by atoms with E-state index in [1.807, 2.05) is 0 Å². The molecule has 0 fully saturated rings. The van der Waals surface area contributed by atoms with Crippen LogP contribution in [0.2, 0.25) is 0 Å². The van der Waals surface area contributed by atoms with Gasteiger partial charge in [-0.05, 0) is 0 Å². The lowest BCUT2D eigenvalue weighted by molar-refractivity contribution is -0.332. The highest BCUT2D eigenvalue weighted by Crippen LogP contribution is 2.49. The molecule has 0 aliphatic rings. The number of rotatable bonds is 3. The highest BCUT2D eigenvalue weighted by atomic mass is 32.2. The van der Waals surface area contributed by atoms with Gasteiger partial charge in [0.25, 0.3) is 0 Å². The average molecular weight is 262 g/mol. The van der Waals surface area contributed by atoms with Crippen LogP contribution >= 0.6 is 0 Å². The summed E-state index contributed by atoms with van der Waals surface area (Å²) < 4.78 is 104. The van der Waals surface area contributed by atoms with Crippen molar-refractivity contribution in [2.75, 3.05) is 5.75 Å². The first-order chi connectivity index (χ1) is 6.31. The number of hydrogen-bond donors (Lipinski definition) is 0. The van der Waals surface area contributed by atoms with E-state index in [2.05, 4.69) is 0 Å². The van der Waals surface area contributed by atoms with Gasteiger partial charge < -0.3 is 0 Å². The molecular formula is C5H5F7O2S. The van der Waals surface area contributed by atoms with Crippen molar-refractivity contribution in [1.82, 2.24) is 0 Å². The minimum absolute atomic E-state index is 0.537. The lowest BCUT2D eigenvalue weighted by Gasteiger charge is -2.27. The van der Waals surface area contributed by atoms with E-state index in [9.17, 15) is 39.2 Å². The van der Waals surface area contributed by atoms with E-state index in [0.717, 1.165) is 0 Å². The van der Waals surface area contributed by atoms with Crippen molar-refractivity contribution in [3.05, 3.63) is 0 Å². The molecule has 0 aromatic rings. The standard InChI is InChI=1S/C5H5F7O2S/c1-2-15(13,14)5(11,12)3(6,7)4(8,9)10/h2H2,1H3. The second kappa shape index (κ2) is 3.49. The summed E-state index contributed by atoms with van der Waals surface area (Å²) in [6.07, 6.45) is -6.63. The summed E-state index contributed by atoms with van der Waals surface area (Å²) in [6.45, 7) is 0.537. The molecule has 0 aliphatic carbocycles. The molecule has 0 heterocycles. The largest absolute Gasteiger partial charge is 0.461 e. The van der Waals surface area contributed by atoms with Crippen LogP contribution in [0.3, 0.4) is 0 Å². The second-order valence-electron chi connectivity index (χ2n) is 2.49. The molecule has 0 bridgehead atoms. The summed E-state index contributed by atoms with van der Waals surface area (Å²) >= 11 is 0. The SMILES string of the molecule is CCS(=O)(=O)C(F)(F)C(F)(F)C(F)(F)F. The first-order valence-electron chi connectivity index (χ1n) is 3.36. The van der Waals surface area contributed by atoms with E-state index in [1.165, 1.54) is 0 Å². The molecule has 0 atom stereocenters. The van der Waals surface area contributed by atoms with E-state index in [1.54, 1.807) is 0 Å². The maximum Gasteiger partial charge on any atom is 0.461 e. The van der Waals surface area contributed by atoms with Crippen LogP contribution in [0.1, 0.15) is 6.92 Å². The molecule has 15 heavy (non-hydrogen) atoms. The fourth-order valence-electron chi connectivity index (χ4n) is 0.542. The summed E-state index contributed by atoms with van der Waals surface area (Å²) in [6, 6.07) is 0. The number of alkyl halides is 7. The van der Waals surface area contributed by atoms with Crippen LogP contribution < -0.4 is 0 Å². The maximum absolute atomic E-state index is 12.4. The fourth-order valence-corrected chi connectivity index (χ4v) is 1.41. The summed E-state index contributed by atoms with van der Waals surface area (Å²) in [4.78, 5) is 0. The molecule has 0 amide bonds. The van der Waals surface area contributed by atoms with Gasteiger partial charge >= 0.3 is 17.4 Å². The molecule has 92 valence electrons. The van der Waals surface area contributed by atoms with Crippen LogP contribution in [0.4, 0.5) is 30.7 Å². The lowest BCUT2D eigenvalue weighted by atomic mass is 10.3. The monoisotopic (exact) mass is 262 g/mol. The molecule has 0 aromatic carbocycles. The van der Waals surface area contributed by atoms with Gasteiger partial charge in [0, 0.05) is 0 Å². The van der Waals surface area contributed by atoms with Gasteiger partial charge in [-0.2, -0.15) is 30.7 Å². The van der Waals surface area contributed by atoms with Crippen LogP contribution in [0.25, 0.3) is 0 Å². The molecule has 0 radical (unpaired) electrons. The van der Waals surface area contributed by atoms with Crippen molar-refractivity contribution < 1.29 is 39.2 Å². The third-order valence-electron chi connectivity index (χ3n) is 1.49. The Morgan fingerprint density at radius 3 is 1.47 bits per heavy atom. The third-order valence-corrected chi connectivity index (χ3v) is 3.29. The van der Waals surface area contributed by atoms with Gasteiger partial charge in [-0.15, -0.1) is 0 Å². The van der Waals surface area contributed by atoms with Crippen molar-refractivity contribution >= 4 is 9.84 Å². The van der Waals surface area contributed by atoms with Gasteiger partial charge in [-0.3, -0.25) is 0 Å². The Hall–Kier alpha value is -0.540. The number of sulfone groups is 1. The van der Waals surface area contributed by atoms with Crippen molar-refractivity contribution in [2.24, 2.45) is 0 Å². The van der Waals surface area contributed by atoms with E-state index in [-0.39, 0.29) is 0 Å². The Morgan fingerprint density at radius 2 is 1.27 bits per heavy atom. The summed E-state index contributed by atoms with van der Waals surface area (Å²) in [5, 5.41) is -6.16. The first kappa shape index (κ1) is 14.5. The Labute approximate surface area is 80.0 Å². The second-order valence-corrected chi connectivity index (χ2v) is 4.81. The number of halogens is 7. The molecule has 0 N–H and O–H groups in total. The molecule has 0 rings (SSSR count). The minimum Gasteiger partial charge on any atom is -0.222 e. The molecule has 0 saturated carbocycles. The van der Waals surface area contributed by atoms with Gasteiger partial charge in [-0.25, -0.2) is 8.42 Å². The van der Waals surface area contributed by atoms with E-state index in [0.29, 0.717) is 6.92 Å². The highest BCUT2D eigenvalue weighted by Gasteiger charge is 2.77. The van der Waals surface area contributed by atoms with Crippen LogP contribution in [-0.2, 0) is 9.84 Å². The van der Waals surface area contributed by atoms with Gasteiger partial charge in [-0.1, -0.05) is 6.92 Å². The van der Waals surface area contributed by atoms with Gasteiger partial charge in [0.1, 0.15) is 0 Å². The molecule has 0 spiro atoms. The third kappa shape index (κ3) is 2.04. The molecule has 2 nitrogen and oxygen atoms in total. The zero-order chi connectivity index (χ0) is 12.7. The molecule has 0 unspecified atom stereocenters. The summed E-state index contributed by atoms with van der Waals surface area (Å²) in [7, 11) is -5.84. The Balaban J connectivity index is 5.60. The molecule has 0 aliphatic heterocycles. The van der Waals surface area contributed by atoms with Crippen molar-refractivity contribution in [3.8, 4) is 0 Å². The van der Waals surface area contributed by atoms with Crippen LogP contribution in [0.15, 0.2) is 0 Å². The molecule has 0 aromatic heterocycles. The van der Waals surface area contributed by atoms with Crippen LogP contribution in [0, 0.1) is 0 Å². The van der Waals surface area contributed by atoms with E-state index in [4.69, 9.17) is 0 Å².